The first-order valence-corrected chi connectivity index (χ1v) is 9.12. The van der Waals surface area contributed by atoms with Gasteiger partial charge in [-0.1, -0.05) is 25.7 Å². The van der Waals surface area contributed by atoms with Crippen molar-refractivity contribution in [3.05, 3.63) is 0 Å². The van der Waals surface area contributed by atoms with E-state index in [0.717, 1.165) is 18.9 Å². The van der Waals surface area contributed by atoms with Gasteiger partial charge in [0.15, 0.2) is 0 Å². The number of amides is 2. The van der Waals surface area contributed by atoms with E-state index in [-0.39, 0.29) is 30.3 Å². The fourth-order valence-electron chi connectivity index (χ4n) is 3.91. The molecule has 1 aliphatic carbocycles. The van der Waals surface area contributed by atoms with Crippen molar-refractivity contribution in [1.82, 2.24) is 15.1 Å². The second kappa shape index (κ2) is 9.59. The first-order valence-electron chi connectivity index (χ1n) is 9.12. The largest absolute Gasteiger partial charge is 0.378 e. The zero-order chi connectivity index (χ0) is 16.1. The van der Waals surface area contributed by atoms with E-state index >= 15 is 0 Å². The highest BCUT2D eigenvalue weighted by Crippen LogP contribution is 2.28. The molecule has 3 fully saturated rings. The Morgan fingerprint density at radius 1 is 1.04 bits per heavy atom. The molecule has 2 heterocycles. The topological polar surface area (TPSA) is 61.9 Å². The third kappa shape index (κ3) is 5.07. The first-order chi connectivity index (χ1) is 11.2. The second-order valence-corrected chi connectivity index (χ2v) is 6.98. The molecule has 0 aromatic heterocycles. The average Bonchev–Trinajstić information content (AvgIpc) is 3.13. The number of hydrogen-bond donors (Lipinski definition) is 1. The van der Waals surface area contributed by atoms with Crippen molar-refractivity contribution in [2.75, 3.05) is 45.9 Å². The number of morpholine rings is 1. The maximum atomic E-state index is 12.4. The Hall–Kier alpha value is -0.850. The molecule has 0 bridgehead atoms. The van der Waals surface area contributed by atoms with Crippen LogP contribution in [0.4, 0.5) is 0 Å². The van der Waals surface area contributed by atoms with Crippen molar-refractivity contribution in [2.24, 2.45) is 5.92 Å². The van der Waals surface area contributed by atoms with Crippen LogP contribution in [0.15, 0.2) is 0 Å². The lowest BCUT2D eigenvalue weighted by Crippen LogP contribution is -2.57. The van der Waals surface area contributed by atoms with Gasteiger partial charge < -0.3 is 19.9 Å². The third-order valence-corrected chi connectivity index (χ3v) is 5.40. The molecule has 2 saturated heterocycles. The van der Waals surface area contributed by atoms with Crippen LogP contribution >= 0.6 is 12.4 Å². The van der Waals surface area contributed by atoms with Crippen molar-refractivity contribution in [2.45, 2.75) is 44.6 Å². The Morgan fingerprint density at radius 2 is 1.71 bits per heavy atom. The molecule has 1 atom stereocenters. The number of piperazine rings is 1. The third-order valence-electron chi connectivity index (χ3n) is 5.40. The fraction of sp³-hybridized carbons (Fsp3) is 0.882. The van der Waals surface area contributed by atoms with E-state index in [2.05, 4.69) is 5.32 Å². The molecule has 0 aromatic carbocycles. The van der Waals surface area contributed by atoms with Crippen molar-refractivity contribution < 1.29 is 14.3 Å². The van der Waals surface area contributed by atoms with Gasteiger partial charge >= 0.3 is 0 Å². The van der Waals surface area contributed by atoms with E-state index < -0.39 is 0 Å². The van der Waals surface area contributed by atoms with Gasteiger partial charge in [0.05, 0.1) is 13.2 Å². The van der Waals surface area contributed by atoms with Crippen LogP contribution in [0.5, 0.6) is 0 Å². The average molecular weight is 360 g/mol. The Bertz CT molecular complexity index is 415. The predicted molar refractivity (Wildman–Crippen MR) is 94.2 cm³/mol. The number of carbonyl (C=O) groups excluding carboxylic acids is 2. The normalized spacial score (nSPS) is 25.4. The van der Waals surface area contributed by atoms with Gasteiger partial charge in [0, 0.05) is 39.1 Å². The van der Waals surface area contributed by atoms with Crippen LogP contribution in [-0.4, -0.2) is 73.6 Å². The van der Waals surface area contributed by atoms with Crippen LogP contribution in [0, 0.1) is 5.92 Å². The zero-order valence-corrected chi connectivity index (χ0v) is 15.2. The molecule has 2 aliphatic heterocycles. The van der Waals surface area contributed by atoms with E-state index in [1.807, 2.05) is 9.80 Å². The molecule has 6 nitrogen and oxygen atoms in total. The molecule has 0 aromatic rings. The highest BCUT2D eigenvalue weighted by atomic mass is 35.5. The Balaban J connectivity index is 0.00000208. The second-order valence-electron chi connectivity index (χ2n) is 6.98. The van der Waals surface area contributed by atoms with Crippen molar-refractivity contribution >= 4 is 24.2 Å². The molecule has 0 spiro atoms. The van der Waals surface area contributed by atoms with Crippen LogP contribution in [0.2, 0.25) is 0 Å². The lowest BCUT2D eigenvalue weighted by Gasteiger charge is -2.37. The maximum absolute atomic E-state index is 12.4. The van der Waals surface area contributed by atoms with Crippen LogP contribution in [0.25, 0.3) is 0 Å². The summed E-state index contributed by atoms with van der Waals surface area (Å²) < 4.78 is 5.36. The van der Waals surface area contributed by atoms with E-state index in [4.69, 9.17) is 4.74 Å². The Labute approximate surface area is 150 Å². The van der Waals surface area contributed by atoms with Crippen molar-refractivity contribution in [3.8, 4) is 0 Å². The molecule has 7 heteroatoms. The minimum atomic E-state index is -0.214. The van der Waals surface area contributed by atoms with Crippen LogP contribution in [0.1, 0.15) is 38.5 Å². The predicted octanol–water partition coefficient (Wildman–Crippen LogP) is 1.04. The summed E-state index contributed by atoms with van der Waals surface area (Å²) in [6.07, 6.45) is 6.98. The lowest BCUT2D eigenvalue weighted by atomic mass is 10.0. The molecule has 3 rings (SSSR count). The molecule has 24 heavy (non-hydrogen) atoms. The summed E-state index contributed by atoms with van der Waals surface area (Å²) in [7, 11) is 0. The van der Waals surface area contributed by atoms with Crippen molar-refractivity contribution in [3.63, 3.8) is 0 Å². The molecule has 138 valence electrons. The molecular formula is C17H30ClN3O3. The number of ether oxygens (including phenoxy) is 1. The summed E-state index contributed by atoms with van der Waals surface area (Å²) >= 11 is 0. The fourth-order valence-corrected chi connectivity index (χ4v) is 3.91. The van der Waals surface area contributed by atoms with Gasteiger partial charge in [0.1, 0.15) is 6.04 Å². The number of nitrogens with one attached hydrogen (secondary N) is 1. The smallest absolute Gasteiger partial charge is 0.242 e. The van der Waals surface area contributed by atoms with Gasteiger partial charge in [-0.3, -0.25) is 9.59 Å². The lowest BCUT2D eigenvalue weighted by molar-refractivity contribution is -0.142. The van der Waals surface area contributed by atoms with Crippen LogP contribution in [0.3, 0.4) is 0 Å². The monoisotopic (exact) mass is 359 g/mol. The van der Waals surface area contributed by atoms with Gasteiger partial charge in [-0.2, -0.15) is 0 Å². The van der Waals surface area contributed by atoms with Gasteiger partial charge in [0.25, 0.3) is 0 Å². The summed E-state index contributed by atoms with van der Waals surface area (Å²) in [5.74, 6) is 1.14. The van der Waals surface area contributed by atoms with Crippen LogP contribution < -0.4 is 5.32 Å². The number of rotatable bonds is 4. The minimum absolute atomic E-state index is 0. The molecule has 1 unspecified atom stereocenters. The minimum Gasteiger partial charge on any atom is -0.378 e. The SMILES string of the molecule is Cl.O=C(CCC1CCCC1)N1CCN(C(=O)C2COCCN2)CC1. The maximum Gasteiger partial charge on any atom is 0.242 e. The molecule has 1 saturated carbocycles. The van der Waals surface area contributed by atoms with E-state index in [1.165, 1.54) is 25.7 Å². The molecular weight excluding hydrogens is 330 g/mol. The van der Waals surface area contributed by atoms with E-state index in [9.17, 15) is 9.59 Å². The van der Waals surface area contributed by atoms with Gasteiger partial charge in [-0.15, -0.1) is 12.4 Å². The summed E-state index contributed by atoms with van der Waals surface area (Å²) in [4.78, 5) is 28.5. The molecule has 0 radical (unpaired) electrons. The Kier molecular flexibility index (Phi) is 7.78. The zero-order valence-electron chi connectivity index (χ0n) is 14.4. The van der Waals surface area contributed by atoms with Gasteiger partial charge in [-0.25, -0.2) is 0 Å². The van der Waals surface area contributed by atoms with E-state index in [0.29, 0.717) is 45.8 Å². The number of nitrogens with zero attached hydrogens (tertiary/aromatic N) is 2. The quantitative estimate of drug-likeness (QED) is 0.814. The standard InChI is InChI=1S/C17H29N3O3.ClH/c21-16(6-5-14-3-1-2-4-14)19-8-10-20(11-9-19)17(22)15-13-23-12-7-18-15;/h14-15,18H,1-13H2;1H. The summed E-state index contributed by atoms with van der Waals surface area (Å²) in [6.45, 7) is 4.49. The van der Waals surface area contributed by atoms with Crippen LogP contribution in [-0.2, 0) is 14.3 Å². The Morgan fingerprint density at radius 3 is 2.33 bits per heavy atom. The highest BCUT2D eigenvalue weighted by Gasteiger charge is 2.30. The highest BCUT2D eigenvalue weighted by molar-refractivity contribution is 5.85. The van der Waals surface area contributed by atoms with Gasteiger partial charge in [-0.05, 0) is 12.3 Å². The first kappa shape index (κ1) is 19.5. The molecule has 1 N–H and O–H groups in total. The number of halogens is 1. The van der Waals surface area contributed by atoms with Gasteiger partial charge in [0.2, 0.25) is 11.8 Å². The molecule has 2 amide bonds. The van der Waals surface area contributed by atoms with E-state index in [1.54, 1.807) is 0 Å². The summed E-state index contributed by atoms with van der Waals surface area (Å²) in [6, 6.07) is -0.214. The number of hydrogen-bond acceptors (Lipinski definition) is 4. The summed E-state index contributed by atoms with van der Waals surface area (Å²) in [5.41, 5.74) is 0. The molecule has 3 aliphatic rings. The summed E-state index contributed by atoms with van der Waals surface area (Å²) in [5, 5.41) is 3.20. The van der Waals surface area contributed by atoms with Crippen molar-refractivity contribution in [1.29, 1.82) is 0 Å². The number of carbonyl (C=O) groups is 2.